The lowest BCUT2D eigenvalue weighted by atomic mass is 10.1. The monoisotopic (exact) mass is 385 g/mol. The molecule has 5 heteroatoms. The van der Waals surface area contributed by atoms with Gasteiger partial charge in [0.1, 0.15) is 5.82 Å². The van der Waals surface area contributed by atoms with Gasteiger partial charge in [0, 0.05) is 8.95 Å². The van der Waals surface area contributed by atoms with Crippen molar-refractivity contribution in [1.82, 2.24) is 0 Å². The van der Waals surface area contributed by atoms with Crippen molar-refractivity contribution in [2.45, 2.75) is 6.92 Å². The molecule has 0 spiro atoms. The molecular formula is C14H10Br2FNO. The minimum Gasteiger partial charge on any atom is -0.319 e. The Kier molecular flexibility index (Phi) is 4.37. The molecule has 0 aliphatic carbocycles. The number of rotatable bonds is 2. The Bertz CT molecular complexity index is 643. The molecule has 0 saturated heterocycles. The SMILES string of the molecule is Cc1ccc(Br)c(C(=O)Nc2ccc(Br)cc2F)c1. The van der Waals surface area contributed by atoms with Crippen molar-refractivity contribution in [3.05, 3.63) is 62.3 Å². The zero-order valence-electron chi connectivity index (χ0n) is 10.0. The molecule has 2 nitrogen and oxygen atoms in total. The first-order valence-electron chi connectivity index (χ1n) is 5.50. The zero-order valence-corrected chi connectivity index (χ0v) is 13.2. The average molecular weight is 387 g/mol. The number of halogens is 3. The fraction of sp³-hybridized carbons (Fsp3) is 0.0714. The molecule has 1 N–H and O–H groups in total. The summed E-state index contributed by atoms with van der Waals surface area (Å²) in [6, 6.07) is 9.92. The standard InChI is InChI=1S/C14H10Br2FNO/c1-8-2-4-11(16)10(6-8)14(19)18-13-5-3-9(15)7-12(13)17/h2-7H,1H3,(H,18,19). The third-order valence-corrected chi connectivity index (χ3v) is 3.73. The third kappa shape index (κ3) is 3.42. The van der Waals surface area contributed by atoms with Gasteiger partial charge in [-0.1, -0.05) is 27.6 Å². The van der Waals surface area contributed by atoms with Crippen LogP contribution in [0.2, 0.25) is 0 Å². The predicted molar refractivity (Wildman–Crippen MR) is 80.9 cm³/mol. The number of aryl methyl sites for hydroxylation is 1. The van der Waals surface area contributed by atoms with E-state index in [-0.39, 0.29) is 11.6 Å². The number of carbonyl (C=O) groups excluding carboxylic acids is 1. The first kappa shape index (κ1) is 14.2. The lowest BCUT2D eigenvalue weighted by molar-refractivity contribution is 0.102. The van der Waals surface area contributed by atoms with Crippen LogP contribution in [0.5, 0.6) is 0 Å². The topological polar surface area (TPSA) is 29.1 Å². The van der Waals surface area contributed by atoms with E-state index < -0.39 is 5.82 Å². The molecule has 19 heavy (non-hydrogen) atoms. The van der Waals surface area contributed by atoms with Gasteiger partial charge in [-0.05, 0) is 53.2 Å². The van der Waals surface area contributed by atoms with Gasteiger partial charge in [-0.3, -0.25) is 4.79 Å². The Morgan fingerprint density at radius 2 is 1.89 bits per heavy atom. The van der Waals surface area contributed by atoms with Gasteiger partial charge in [0.2, 0.25) is 0 Å². The van der Waals surface area contributed by atoms with Gasteiger partial charge in [0.15, 0.2) is 0 Å². The number of benzene rings is 2. The molecule has 0 aromatic heterocycles. The van der Waals surface area contributed by atoms with Gasteiger partial charge in [-0.25, -0.2) is 4.39 Å². The fourth-order valence-electron chi connectivity index (χ4n) is 1.59. The molecule has 0 radical (unpaired) electrons. The Morgan fingerprint density at radius 1 is 1.16 bits per heavy atom. The van der Waals surface area contributed by atoms with Crippen LogP contribution in [0.15, 0.2) is 45.3 Å². The summed E-state index contributed by atoms with van der Waals surface area (Å²) in [5, 5.41) is 2.56. The van der Waals surface area contributed by atoms with E-state index in [1.807, 2.05) is 13.0 Å². The first-order valence-corrected chi connectivity index (χ1v) is 7.08. The normalized spacial score (nSPS) is 10.3. The molecule has 0 aliphatic rings. The predicted octanol–water partition coefficient (Wildman–Crippen LogP) is 4.91. The number of amides is 1. The van der Waals surface area contributed by atoms with E-state index in [1.165, 1.54) is 12.1 Å². The van der Waals surface area contributed by atoms with Crippen LogP contribution < -0.4 is 5.32 Å². The van der Waals surface area contributed by atoms with Crippen LogP contribution >= 0.6 is 31.9 Å². The number of carbonyl (C=O) groups is 1. The van der Waals surface area contributed by atoms with E-state index in [4.69, 9.17) is 0 Å². The maximum absolute atomic E-state index is 13.6. The summed E-state index contributed by atoms with van der Waals surface area (Å²) < 4.78 is 14.9. The van der Waals surface area contributed by atoms with Crippen molar-refractivity contribution < 1.29 is 9.18 Å². The van der Waals surface area contributed by atoms with E-state index in [0.29, 0.717) is 14.5 Å². The molecule has 0 fully saturated rings. The third-order valence-electron chi connectivity index (χ3n) is 2.55. The zero-order chi connectivity index (χ0) is 14.0. The number of nitrogens with one attached hydrogen (secondary N) is 1. The van der Waals surface area contributed by atoms with E-state index in [9.17, 15) is 9.18 Å². The summed E-state index contributed by atoms with van der Waals surface area (Å²) in [4.78, 5) is 12.1. The first-order chi connectivity index (χ1) is 8.97. The molecule has 2 aromatic carbocycles. The van der Waals surface area contributed by atoms with Crippen molar-refractivity contribution in [1.29, 1.82) is 0 Å². The van der Waals surface area contributed by atoms with Crippen LogP contribution in [-0.4, -0.2) is 5.91 Å². The lowest BCUT2D eigenvalue weighted by Crippen LogP contribution is -2.13. The Balaban J connectivity index is 2.28. The molecule has 0 aliphatic heterocycles. The minimum absolute atomic E-state index is 0.154. The highest BCUT2D eigenvalue weighted by molar-refractivity contribution is 9.10. The second-order valence-corrected chi connectivity index (χ2v) is 5.83. The van der Waals surface area contributed by atoms with Gasteiger partial charge in [-0.15, -0.1) is 0 Å². The van der Waals surface area contributed by atoms with Gasteiger partial charge >= 0.3 is 0 Å². The quantitative estimate of drug-likeness (QED) is 0.780. The molecule has 0 bridgehead atoms. The molecule has 0 heterocycles. The average Bonchev–Trinajstić information content (AvgIpc) is 2.35. The summed E-state index contributed by atoms with van der Waals surface area (Å²) >= 11 is 6.48. The van der Waals surface area contributed by atoms with E-state index >= 15 is 0 Å². The number of hydrogen-bond acceptors (Lipinski definition) is 1. The molecule has 2 aromatic rings. The minimum atomic E-state index is -0.480. The Hall–Kier alpha value is -1.20. The number of hydrogen-bond donors (Lipinski definition) is 1. The summed E-state index contributed by atoms with van der Waals surface area (Å²) in [6.07, 6.45) is 0. The molecule has 2 rings (SSSR count). The molecule has 0 saturated carbocycles. The maximum Gasteiger partial charge on any atom is 0.256 e. The number of anilines is 1. The Morgan fingerprint density at radius 3 is 2.58 bits per heavy atom. The van der Waals surface area contributed by atoms with E-state index in [2.05, 4.69) is 37.2 Å². The maximum atomic E-state index is 13.6. The van der Waals surface area contributed by atoms with Crippen LogP contribution in [-0.2, 0) is 0 Å². The summed E-state index contributed by atoms with van der Waals surface area (Å²) in [6.45, 7) is 1.89. The van der Waals surface area contributed by atoms with Crippen LogP contribution in [0.1, 0.15) is 15.9 Å². The van der Waals surface area contributed by atoms with Crippen LogP contribution in [0.3, 0.4) is 0 Å². The van der Waals surface area contributed by atoms with Crippen molar-refractivity contribution in [2.24, 2.45) is 0 Å². The molecule has 1 amide bonds. The van der Waals surface area contributed by atoms with Crippen molar-refractivity contribution in [3.63, 3.8) is 0 Å². The van der Waals surface area contributed by atoms with Gasteiger partial charge in [-0.2, -0.15) is 0 Å². The summed E-state index contributed by atoms with van der Waals surface area (Å²) in [7, 11) is 0. The smallest absolute Gasteiger partial charge is 0.256 e. The second kappa shape index (κ2) is 5.84. The molecule has 98 valence electrons. The summed E-state index contributed by atoms with van der Waals surface area (Å²) in [5.74, 6) is -0.830. The highest BCUT2D eigenvalue weighted by Gasteiger charge is 2.12. The van der Waals surface area contributed by atoms with Gasteiger partial charge < -0.3 is 5.32 Å². The summed E-state index contributed by atoms with van der Waals surface area (Å²) in [5.41, 5.74) is 1.59. The highest BCUT2D eigenvalue weighted by atomic mass is 79.9. The van der Waals surface area contributed by atoms with Gasteiger partial charge in [0.05, 0.1) is 11.3 Å². The van der Waals surface area contributed by atoms with Crippen LogP contribution in [0, 0.1) is 12.7 Å². The fourth-order valence-corrected chi connectivity index (χ4v) is 2.35. The molecule has 0 atom stereocenters. The van der Waals surface area contributed by atoms with Crippen molar-refractivity contribution in [2.75, 3.05) is 5.32 Å². The van der Waals surface area contributed by atoms with Crippen molar-refractivity contribution in [3.8, 4) is 0 Å². The van der Waals surface area contributed by atoms with Crippen molar-refractivity contribution >= 4 is 43.5 Å². The molecule has 0 unspecified atom stereocenters. The Labute approximate surface area is 127 Å². The lowest BCUT2D eigenvalue weighted by Gasteiger charge is -2.09. The van der Waals surface area contributed by atoms with Crippen LogP contribution in [0.4, 0.5) is 10.1 Å². The van der Waals surface area contributed by atoms with Gasteiger partial charge in [0.25, 0.3) is 5.91 Å². The molecular weight excluding hydrogens is 377 g/mol. The van der Waals surface area contributed by atoms with E-state index in [1.54, 1.807) is 18.2 Å². The van der Waals surface area contributed by atoms with E-state index in [0.717, 1.165) is 5.56 Å². The van der Waals surface area contributed by atoms with Crippen LogP contribution in [0.25, 0.3) is 0 Å². The largest absolute Gasteiger partial charge is 0.319 e. The second-order valence-electron chi connectivity index (χ2n) is 4.06. The highest BCUT2D eigenvalue weighted by Crippen LogP contribution is 2.22.